The third kappa shape index (κ3) is 7.34. The maximum absolute atomic E-state index is 12.9. The standard InChI is InChI=1S/C25H22Cl2N2O4/c1-16(23(30)28-21-14-19(26)13-20(27)15-21)33-25(32)22(12-17-8-4-2-5-9-17)29-24(31)18-10-6-3-7-11-18/h2-11,13-16,22H,12H2,1H3,(H,28,30)(H,29,31)/t16-,22-/m0/s1. The summed E-state index contributed by atoms with van der Waals surface area (Å²) in [6.45, 7) is 1.44. The summed E-state index contributed by atoms with van der Waals surface area (Å²) in [5, 5.41) is 6.03. The van der Waals surface area contributed by atoms with Gasteiger partial charge >= 0.3 is 5.97 Å². The molecular formula is C25H22Cl2N2O4. The van der Waals surface area contributed by atoms with Crippen LogP contribution in [-0.4, -0.2) is 29.9 Å². The van der Waals surface area contributed by atoms with Crippen LogP contribution in [0.4, 0.5) is 5.69 Å². The van der Waals surface area contributed by atoms with E-state index in [1.54, 1.807) is 30.3 Å². The molecule has 0 aliphatic rings. The zero-order valence-electron chi connectivity index (χ0n) is 17.8. The molecule has 33 heavy (non-hydrogen) atoms. The lowest BCUT2D eigenvalue weighted by molar-refractivity contribution is -0.155. The molecule has 0 bridgehead atoms. The van der Waals surface area contributed by atoms with Gasteiger partial charge in [-0.05, 0) is 42.8 Å². The lowest BCUT2D eigenvalue weighted by Crippen LogP contribution is -2.45. The summed E-state index contributed by atoms with van der Waals surface area (Å²) < 4.78 is 5.38. The van der Waals surface area contributed by atoms with E-state index < -0.39 is 29.9 Å². The molecule has 0 unspecified atom stereocenters. The lowest BCUT2D eigenvalue weighted by atomic mass is 10.1. The van der Waals surface area contributed by atoms with Gasteiger partial charge in [-0.1, -0.05) is 71.7 Å². The second kappa shape index (κ2) is 11.5. The van der Waals surface area contributed by atoms with E-state index in [0.29, 0.717) is 21.3 Å². The Morgan fingerprint density at radius 3 is 2.06 bits per heavy atom. The van der Waals surface area contributed by atoms with Crippen LogP contribution in [0.1, 0.15) is 22.8 Å². The topological polar surface area (TPSA) is 84.5 Å². The van der Waals surface area contributed by atoms with Crippen LogP contribution < -0.4 is 10.6 Å². The van der Waals surface area contributed by atoms with Gasteiger partial charge in [-0.25, -0.2) is 4.79 Å². The van der Waals surface area contributed by atoms with Crippen LogP contribution in [0.2, 0.25) is 10.0 Å². The first-order chi connectivity index (χ1) is 15.8. The largest absolute Gasteiger partial charge is 0.451 e. The van der Waals surface area contributed by atoms with Crippen LogP contribution in [0, 0.1) is 0 Å². The molecule has 0 heterocycles. The van der Waals surface area contributed by atoms with Gasteiger partial charge in [-0.3, -0.25) is 9.59 Å². The molecule has 0 saturated heterocycles. The Balaban J connectivity index is 1.70. The third-order valence-electron chi connectivity index (χ3n) is 4.70. The first kappa shape index (κ1) is 24.3. The number of ether oxygens (including phenoxy) is 1. The molecule has 0 aliphatic carbocycles. The quantitative estimate of drug-likeness (QED) is 0.445. The number of amides is 2. The molecular weight excluding hydrogens is 463 g/mol. The number of carbonyl (C=O) groups excluding carboxylic acids is 3. The van der Waals surface area contributed by atoms with Crippen LogP contribution in [0.25, 0.3) is 0 Å². The van der Waals surface area contributed by atoms with Gasteiger partial charge in [0.2, 0.25) is 0 Å². The molecule has 0 fully saturated rings. The first-order valence-electron chi connectivity index (χ1n) is 10.2. The number of halogens is 2. The number of hydrogen-bond donors (Lipinski definition) is 2. The molecule has 2 N–H and O–H groups in total. The second-order valence-corrected chi connectivity index (χ2v) is 8.18. The molecule has 8 heteroatoms. The molecule has 170 valence electrons. The summed E-state index contributed by atoms with van der Waals surface area (Å²) in [4.78, 5) is 38.1. The molecule has 3 rings (SSSR count). The third-order valence-corrected chi connectivity index (χ3v) is 5.14. The van der Waals surface area contributed by atoms with E-state index in [0.717, 1.165) is 5.56 Å². The van der Waals surface area contributed by atoms with E-state index in [2.05, 4.69) is 10.6 Å². The van der Waals surface area contributed by atoms with Crippen LogP contribution in [-0.2, 0) is 20.7 Å². The van der Waals surface area contributed by atoms with E-state index in [-0.39, 0.29) is 6.42 Å². The van der Waals surface area contributed by atoms with E-state index in [1.807, 2.05) is 30.3 Å². The fourth-order valence-corrected chi connectivity index (χ4v) is 3.58. The highest BCUT2D eigenvalue weighted by Gasteiger charge is 2.27. The number of esters is 1. The fraction of sp³-hybridized carbons (Fsp3) is 0.160. The summed E-state index contributed by atoms with van der Waals surface area (Å²) in [5.74, 6) is -1.71. The van der Waals surface area contributed by atoms with Gasteiger partial charge in [0.1, 0.15) is 6.04 Å². The van der Waals surface area contributed by atoms with Crippen molar-refractivity contribution in [1.82, 2.24) is 5.32 Å². The van der Waals surface area contributed by atoms with E-state index in [9.17, 15) is 14.4 Å². The average molecular weight is 485 g/mol. The van der Waals surface area contributed by atoms with E-state index in [4.69, 9.17) is 27.9 Å². The molecule has 0 saturated carbocycles. The van der Waals surface area contributed by atoms with Crippen molar-refractivity contribution < 1.29 is 19.1 Å². The van der Waals surface area contributed by atoms with Crippen molar-refractivity contribution in [3.63, 3.8) is 0 Å². The van der Waals surface area contributed by atoms with Crippen molar-refractivity contribution in [1.29, 1.82) is 0 Å². The van der Waals surface area contributed by atoms with Gasteiger partial charge in [-0.2, -0.15) is 0 Å². The predicted octanol–water partition coefficient (Wildman–Crippen LogP) is 4.90. The average Bonchev–Trinajstić information content (AvgIpc) is 2.79. The fourth-order valence-electron chi connectivity index (χ4n) is 3.05. The van der Waals surface area contributed by atoms with Crippen molar-refractivity contribution in [3.8, 4) is 0 Å². The number of rotatable bonds is 8. The Bertz CT molecular complexity index is 1100. The molecule has 2 atom stereocenters. The number of anilines is 1. The molecule has 2 amide bonds. The van der Waals surface area contributed by atoms with Crippen LogP contribution in [0.3, 0.4) is 0 Å². The molecule has 3 aromatic rings. The number of carbonyl (C=O) groups is 3. The summed E-state index contributed by atoms with van der Waals surface area (Å²) in [5.41, 5.74) is 1.61. The van der Waals surface area contributed by atoms with Crippen molar-refractivity contribution in [2.75, 3.05) is 5.32 Å². The number of hydrogen-bond acceptors (Lipinski definition) is 4. The minimum Gasteiger partial charge on any atom is -0.451 e. The normalized spacial score (nSPS) is 12.3. The summed E-state index contributed by atoms with van der Waals surface area (Å²) >= 11 is 11.9. The van der Waals surface area contributed by atoms with Crippen LogP contribution in [0.5, 0.6) is 0 Å². The van der Waals surface area contributed by atoms with Crippen molar-refractivity contribution in [2.24, 2.45) is 0 Å². The van der Waals surface area contributed by atoms with E-state index in [1.165, 1.54) is 25.1 Å². The van der Waals surface area contributed by atoms with Gasteiger partial charge in [0.05, 0.1) is 0 Å². The predicted molar refractivity (Wildman–Crippen MR) is 128 cm³/mol. The van der Waals surface area contributed by atoms with Gasteiger partial charge in [-0.15, -0.1) is 0 Å². The molecule has 3 aromatic carbocycles. The number of benzene rings is 3. The van der Waals surface area contributed by atoms with Gasteiger partial charge in [0.15, 0.2) is 6.10 Å². The molecule has 6 nitrogen and oxygen atoms in total. The van der Waals surface area contributed by atoms with Crippen molar-refractivity contribution in [2.45, 2.75) is 25.5 Å². The SMILES string of the molecule is C[C@H](OC(=O)[C@H](Cc1ccccc1)NC(=O)c1ccccc1)C(=O)Nc1cc(Cl)cc(Cl)c1. The Labute approximate surface area is 201 Å². The first-order valence-corrected chi connectivity index (χ1v) is 10.9. The smallest absolute Gasteiger partial charge is 0.329 e. The van der Waals surface area contributed by atoms with Gasteiger partial charge < -0.3 is 15.4 Å². The number of nitrogens with one attached hydrogen (secondary N) is 2. The summed E-state index contributed by atoms with van der Waals surface area (Å²) in [6, 6.07) is 21.3. The lowest BCUT2D eigenvalue weighted by Gasteiger charge is -2.21. The maximum Gasteiger partial charge on any atom is 0.329 e. The molecule has 0 spiro atoms. The molecule has 0 aromatic heterocycles. The Morgan fingerprint density at radius 1 is 0.879 bits per heavy atom. The minimum atomic E-state index is -1.12. The molecule has 0 radical (unpaired) electrons. The molecule has 0 aliphatic heterocycles. The van der Waals surface area contributed by atoms with Crippen molar-refractivity contribution in [3.05, 3.63) is 100 Å². The highest BCUT2D eigenvalue weighted by atomic mass is 35.5. The minimum absolute atomic E-state index is 0.205. The van der Waals surface area contributed by atoms with Crippen LogP contribution in [0.15, 0.2) is 78.9 Å². The zero-order chi connectivity index (χ0) is 23.8. The van der Waals surface area contributed by atoms with Gasteiger partial charge in [0.25, 0.3) is 11.8 Å². The highest BCUT2D eigenvalue weighted by Crippen LogP contribution is 2.22. The van der Waals surface area contributed by atoms with Gasteiger partial charge in [0, 0.05) is 27.7 Å². The Morgan fingerprint density at radius 2 is 1.45 bits per heavy atom. The Kier molecular flexibility index (Phi) is 8.46. The Hall–Kier alpha value is -3.35. The van der Waals surface area contributed by atoms with Crippen LogP contribution >= 0.6 is 23.2 Å². The second-order valence-electron chi connectivity index (χ2n) is 7.31. The summed E-state index contributed by atoms with van der Waals surface area (Å²) in [6.07, 6.45) is -0.918. The highest BCUT2D eigenvalue weighted by molar-refractivity contribution is 6.35. The van der Waals surface area contributed by atoms with E-state index >= 15 is 0 Å². The monoisotopic (exact) mass is 484 g/mol. The van der Waals surface area contributed by atoms with Crippen molar-refractivity contribution >= 4 is 46.7 Å². The zero-order valence-corrected chi connectivity index (χ0v) is 19.3. The summed E-state index contributed by atoms with van der Waals surface area (Å²) in [7, 11) is 0. The maximum atomic E-state index is 12.9.